The van der Waals surface area contributed by atoms with E-state index in [1.165, 1.54) is 19.3 Å². The van der Waals surface area contributed by atoms with Crippen molar-refractivity contribution in [3.63, 3.8) is 0 Å². The molecule has 0 aromatic rings. The summed E-state index contributed by atoms with van der Waals surface area (Å²) in [6.07, 6.45) is 3.39. The fourth-order valence-electron chi connectivity index (χ4n) is 1.86. The van der Waals surface area contributed by atoms with Crippen LogP contribution in [0.25, 0.3) is 0 Å². The zero-order valence-corrected chi connectivity index (χ0v) is 10.8. The molecule has 94 valence electrons. The third kappa shape index (κ3) is 4.39. The van der Waals surface area contributed by atoms with Crippen molar-refractivity contribution >= 4 is 6.09 Å². The van der Waals surface area contributed by atoms with Gasteiger partial charge in [0.05, 0.1) is 0 Å². The number of carbonyl (C=O) groups is 1. The summed E-state index contributed by atoms with van der Waals surface area (Å²) >= 11 is 0. The van der Waals surface area contributed by atoms with Crippen molar-refractivity contribution in [2.24, 2.45) is 5.92 Å². The van der Waals surface area contributed by atoms with E-state index in [0.29, 0.717) is 5.92 Å². The van der Waals surface area contributed by atoms with Crippen LogP contribution in [0.5, 0.6) is 0 Å². The molecule has 0 spiro atoms. The van der Waals surface area contributed by atoms with Gasteiger partial charge in [-0.1, -0.05) is 6.42 Å². The van der Waals surface area contributed by atoms with Gasteiger partial charge in [-0.05, 0) is 46.6 Å². The minimum absolute atomic E-state index is 0.202. The summed E-state index contributed by atoms with van der Waals surface area (Å²) in [4.78, 5) is 11.6. The van der Waals surface area contributed by atoms with Gasteiger partial charge in [-0.25, -0.2) is 4.79 Å². The molecule has 1 fully saturated rings. The third-order valence-electron chi connectivity index (χ3n) is 2.85. The van der Waals surface area contributed by atoms with Gasteiger partial charge in [0.15, 0.2) is 0 Å². The first kappa shape index (κ1) is 13.3. The summed E-state index contributed by atoms with van der Waals surface area (Å²) < 4.78 is 5.26. The van der Waals surface area contributed by atoms with Gasteiger partial charge in [0.2, 0.25) is 0 Å². The van der Waals surface area contributed by atoms with Crippen LogP contribution in [-0.4, -0.2) is 31.3 Å². The zero-order valence-electron chi connectivity index (χ0n) is 10.8. The van der Waals surface area contributed by atoms with Crippen molar-refractivity contribution in [2.45, 2.75) is 51.7 Å². The largest absolute Gasteiger partial charge is 0.444 e. The van der Waals surface area contributed by atoms with Crippen LogP contribution in [0.3, 0.4) is 0 Å². The van der Waals surface area contributed by atoms with E-state index in [-0.39, 0.29) is 12.1 Å². The van der Waals surface area contributed by atoms with Crippen LogP contribution in [-0.2, 0) is 4.74 Å². The molecule has 0 saturated heterocycles. The highest BCUT2D eigenvalue weighted by Gasteiger charge is 2.29. The van der Waals surface area contributed by atoms with Crippen LogP contribution in [0.2, 0.25) is 0 Å². The van der Waals surface area contributed by atoms with Crippen LogP contribution in [0.4, 0.5) is 4.79 Å². The number of hydrogen-bond acceptors (Lipinski definition) is 3. The predicted molar refractivity (Wildman–Crippen MR) is 64.4 cm³/mol. The van der Waals surface area contributed by atoms with E-state index in [1.807, 2.05) is 27.8 Å². The number of amides is 1. The second kappa shape index (κ2) is 5.53. The Morgan fingerprint density at radius 1 is 1.44 bits per heavy atom. The highest BCUT2D eigenvalue weighted by atomic mass is 16.6. The lowest BCUT2D eigenvalue weighted by Gasteiger charge is -2.34. The fraction of sp³-hybridized carbons (Fsp3) is 0.917. The van der Waals surface area contributed by atoms with Crippen LogP contribution < -0.4 is 10.6 Å². The molecule has 4 nitrogen and oxygen atoms in total. The minimum Gasteiger partial charge on any atom is -0.444 e. The van der Waals surface area contributed by atoms with Crippen molar-refractivity contribution in [3.8, 4) is 0 Å². The van der Waals surface area contributed by atoms with Gasteiger partial charge in [-0.2, -0.15) is 0 Å². The molecule has 1 atom stereocenters. The summed E-state index contributed by atoms with van der Waals surface area (Å²) in [6, 6.07) is 0.202. The second-order valence-corrected chi connectivity index (χ2v) is 5.50. The Hall–Kier alpha value is -0.770. The number of nitrogens with one attached hydrogen (secondary N) is 2. The fourth-order valence-corrected chi connectivity index (χ4v) is 1.86. The molecule has 0 bridgehead atoms. The summed E-state index contributed by atoms with van der Waals surface area (Å²) in [5.74, 6) is 0.611. The van der Waals surface area contributed by atoms with Gasteiger partial charge in [-0.3, -0.25) is 0 Å². The minimum atomic E-state index is -0.423. The van der Waals surface area contributed by atoms with Gasteiger partial charge < -0.3 is 15.4 Å². The van der Waals surface area contributed by atoms with E-state index in [2.05, 4.69) is 10.6 Å². The normalized spacial score (nSPS) is 18.8. The number of ether oxygens (including phenoxy) is 1. The Kier molecular flexibility index (Phi) is 4.59. The molecule has 4 heteroatoms. The number of carbonyl (C=O) groups excluding carboxylic acids is 1. The molecule has 0 radical (unpaired) electrons. The molecule has 1 rings (SSSR count). The first-order chi connectivity index (χ1) is 7.42. The Morgan fingerprint density at radius 2 is 2.06 bits per heavy atom. The monoisotopic (exact) mass is 228 g/mol. The van der Waals surface area contributed by atoms with Crippen molar-refractivity contribution in [3.05, 3.63) is 0 Å². The maximum Gasteiger partial charge on any atom is 0.407 e. The Balaban J connectivity index is 2.38. The van der Waals surface area contributed by atoms with Gasteiger partial charge in [-0.15, -0.1) is 0 Å². The molecule has 0 heterocycles. The molecule has 0 aromatic heterocycles. The van der Waals surface area contributed by atoms with E-state index in [0.717, 1.165) is 6.54 Å². The van der Waals surface area contributed by atoms with E-state index < -0.39 is 5.60 Å². The molecule has 0 aromatic carbocycles. The predicted octanol–water partition coefficient (Wildman–Crippen LogP) is 1.90. The van der Waals surface area contributed by atoms with E-state index in [1.54, 1.807) is 0 Å². The number of likely N-dealkylation sites (N-methyl/N-ethyl adjacent to an activating group) is 1. The summed E-state index contributed by atoms with van der Waals surface area (Å²) in [7, 11) is 1.91. The van der Waals surface area contributed by atoms with Crippen molar-refractivity contribution in [1.29, 1.82) is 0 Å². The molecular weight excluding hydrogens is 204 g/mol. The average Bonchev–Trinajstić information content (AvgIpc) is 1.96. The van der Waals surface area contributed by atoms with Crippen LogP contribution >= 0.6 is 0 Å². The molecule has 1 amide bonds. The van der Waals surface area contributed by atoms with Gasteiger partial charge in [0, 0.05) is 12.6 Å². The Labute approximate surface area is 98.1 Å². The lowest BCUT2D eigenvalue weighted by Crippen LogP contribution is -2.49. The Bertz CT molecular complexity index is 232. The molecule has 16 heavy (non-hydrogen) atoms. The summed E-state index contributed by atoms with van der Waals surface area (Å²) in [5.41, 5.74) is -0.423. The lowest BCUT2D eigenvalue weighted by molar-refractivity contribution is 0.0466. The molecule has 1 saturated carbocycles. The Morgan fingerprint density at radius 3 is 2.44 bits per heavy atom. The SMILES string of the molecule is CNCC(NC(=O)OC(C)(C)C)C1CCC1. The maximum absolute atomic E-state index is 11.6. The van der Waals surface area contributed by atoms with E-state index in [4.69, 9.17) is 4.74 Å². The van der Waals surface area contributed by atoms with Crippen molar-refractivity contribution in [2.75, 3.05) is 13.6 Å². The first-order valence-electron chi connectivity index (χ1n) is 6.06. The molecule has 0 aliphatic heterocycles. The topological polar surface area (TPSA) is 50.4 Å². The molecular formula is C12H24N2O2. The standard InChI is InChI=1S/C12H24N2O2/c1-12(2,3)16-11(15)14-10(8-13-4)9-6-5-7-9/h9-10,13H,5-8H2,1-4H3,(H,14,15). The van der Waals surface area contributed by atoms with Gasteiger partial charge in [0.25, 0.3) is 0 Å². The second-order valence-electron chi connectivity index (χ2n) is 5.50. The molecule has 1 aliphatic carbocycles. The maximum atomic E-state index is 11.6. The van der Waals surface area contributed by atoms with Crippen molar-refractivity contribution < 1.29 is 9.53 Å². The number of hydrogen-bond donors (Lipinski definition) is 2. The van der Waals surface area contributed by atoms with Gasteiger partial charge in [0.1, 0.15) is 5.60 Å². The summed E-state index contributed by atoms with van der Waals surface area (Å²) in [6.45, 7) is 6.44. The zero-order chi connectivity index (χ0) is 12.2. The molecule has 1 aliphatic rings. The molecule has 2 N–H and O–H groups in total. The highest BCUT2D eigenvalue weighted by Crippen LogP contribution is 2.29. The smallest absolute Gasteiger partial charge is 0.407 e. The summed E-state index contributed by atoms with van der Waals surface area (Å²) in [5, 5.41) is 6.07. The van der Waals surface area contributed by atoms with E-state index in [9.17, 15) is 4.79 Å². The van der Waals surface area contributed by atoms with Crippen LogP contribution in [0.15, 0.2) is 0 Å². The highest BCUT2D eigenvalue weighted by molar-refractivity contribution is 5.68. The average molecular weight is 228 g/mol. The third-order valence-corrected chi connectivity index (χ3v) is 2.85. The number of alkyl carbamates (subject to hydrolysis) is 1. The van der Waals surface area contributed by atoms with Crippen LogP contribution in [0, 0.1) is 5.92 Å². The van der Waals surface area contributed by atoms with Crippen LogP contribution in [0.1, 0.15) is 40.0 Å². The molecule has 1 unspecified atom stereocenters. The quantitative estimate of drug-likeness (QED) is 0.772. The lowest BCUT2D eigenvalue weighted by atomic mass is 9.79. The van der Waals surface area contributed by atoms with Crippen molar-refractivity contribution in [1.82, 2.24) is 10.6 Å². The van der Waals surface area contributed by atoms with Gasteiger partial charge >= 0.3 is 6.09 Å². The number of rotatable bonds is 4. The first-order valence-corrected chi connectivity index (χ1v) is 6.06. The van der Waals surface area contributed by atoms with E-state index >= 15 is 0 Å².